The SMILES string of the molecule is CCCC1(C)Nc2c(Cl)ncnc2N2CCc3cccc1c32. The molecule has 5 heteroatoms. The van der Waals surface area contributed by atoms with Crippen molar-refractivity contribution in [1.29, 1.82) is 0 Å². The van der Waals surface area contributed by atoms with Crippen molar-refractivity contribution in [3.8, 4) is 0 Å². The summed E-state index contributed by atoms with van der Waals surface area (Å²) >= 11 is 6.38. The number of aromatic nitrogens is 2. The predicted octanol–water partition coefficient (Wildman–Crippen LogP) is 4.27. The minimum Gasteiger partial charge on any atom is -0.370 e. The first-order valence-corrected chi connectivity index (χ1v) is 8.20. The number of fused-ring (bicyclic) bond motifs is 2. The molecule has 0 amide bonds. The van der Waals surface area contributed by atoms with Crippen LogP contribution in [0.4, 0.5) is 17.2 Å². The summed E-state index contributed by atoms with van der Waals surface area (Å²) in [6.45, 7) is 5.40. The van der Waals surface area contributed by atoms with Crippen LogP contribution < -0.4 is 10.2 Å². The van der Waals surface area contributed by atoms with Gasteiger partial charge in [0.1, 0.15) is 12.0 Å². The standard InChI is InChI=1S/C17H19ClN4/c1-3-8-17(2)12-6-4-5-11-7-9-22(14(11)12)16-13(21-17)15(18)19-10-20-16/h4-6,10,21H,3,7-9H2,1-2H3. The second-order valence-electron chi connectivity index (χ2n) is 6.29. The summed E-state index contributed by atoms with van der Waals surface area (Å²) in [5.41, 5.74) is 4.72. The number of nitrogens with one attached hydrogen (secondary N) is 1. The van der Waals surface area contributed by atoms with Crippen molar-refractivity contribution >= 4 is 28.8 Å². The van der Waals surface area contributed by atoms with Crippen LogP contribution >= 0.6 is 11.6 Å². The molecule has 114 valence electrons. The van der Waals surface area contributed by atoms with Crippen LogP contribution in [0, 0.1) is 0 Å². The molecule has 0 bridgehead atoms. The van der Waals surface area contributed by atoms with Gasteiger partial charge in [-0.15, -0.1) is 0 Å². The van der Waals surface area contributed by atoms with Gasteiger partial charge in [-0.1, -0.05) is 43.1 Å². The van der Waals surface area contributed by atoms with Gasteiger partial charge >= 0.3 is 0 Å². The average molecular weight is 315 g/mol. The van der Waals surface area contributed by atoms with Gasteiger partial charge in [0, 0.05) is 12.1 Å². The van der Waals surface area contributed by atoms with E-state index in [9.17, 15) is 0 Å². The smallest absolute Gasteiger partial charge is 0.161 e. The van der Waals surface area contributed by atoms with E-state index >= 15 is 0 Å². The van der Waals surface area contributed by atoms with E-state index in [0.29, 0.717) is 5.15 Å². The van der Waals surface area contributed by atoms with Crippen molar-refractivity contribution in [2.45, 2.75) is 38.6 Å². The Morgan fingerprint density at radius 2 is 2.23 bits per heavy atom. The van der Waals surface area contributed by atoms with Crippen molar-refractivity contribution < 1.29 is 0 Å². The number of rotatable bonds is 2. The van der Waals surface area contributed by atoms with E-state index in [0.717, 1.165) is 37.3 Å². The third-order valence-corrected chi connectivity index (χ3v) is 5.06. The molecule has 1 aromatic heterocycles. The maximum Gasteiger partial charge on any atom is 0.161 e. The quantitative estimate of drug-likeness (QED) is 0.841. The van der Waals surface area contributed by atoms with Crippen LogP contribution in [0.5, 0.6) is 0 Å². The highest BCUT2D eigenvalue weighted by atomic mass is 35.5. The Hall–Kier alpha value is -1.81. The lowest BCUT2D eigenvalue weighted by Gasteiger charge is -2.32. The summed E-state index contributed by atoms with van der Waals surface area (Å²) in [6.07, 6.45) is 4.72. The second-order valence-corrected chi connectivity index (χ2v) is 6.64. The normalized spacial score (nSPS) is 21.9. The highest BCUT2D eigenvalue weighted by molar-refractivity contribution is 6.32. The minimum absolute atomic E-state index is 0.164. The van der Waals surface area contributed by atoms with Crippen LogP contribution in [0.2, 0.25) is 5.15 Å². The van der Waals surface area contributed by atoms with Gasteiger partial charge in [0.15, 0.2) is 11.0 Å². The van der Waals surface area contributed by atoms with Crippen LogP contribution in [-0.2, 0) is 12.0 Å². The zero-order chi connectivity index (χ0) is 15.3. The van der Waals surface area contributed by atoms with E-state index in [1.165, 1.54) is 16.8 Å². The van der Waals surface area contributed by atoms with E-state index in [1.807, 2.05) is 0 Å². The van der Waals surface area contributed by atoms with Crippen LogP contribution in [0.3, 0.4) is 0 Å². The Bertz CT molecular complexity index is 745. The van der Waals surface area contributed by atoms with Crippen LogP contribution in [0.15, 0.2) is 24.5 Å². The molecule has 0 radical (unpaired) electrons. The average Bonchev–Trinajstić information content (AvgIpc) is 2.89. The minimum atomic E-state index is -0.164. The molecule has 0 spiro atoms. The molecule has 3 heterocycles. The third kappa shape index (κ3) is 1.83. The van der Waals surface area contributed by atoms with Crippen molar-refractivity contribution in [1.82, 2.24) is 9.97 Å². The van der Waals surface area contributed by atoms with Gasteiger partial charge in [0.25, 0.3) is 0 Å². The number of halogens is 1. The zero-order valence-electron chi connectivity index (χ0n) is 12.9. The van der Waals surface area contributed by atoms with Gasteiger partial charge in [-0.05, 0) is 25.3 Å². The van der Waals surface area contributed by atoms with Gasteiger partial charge in [-0.25, -0.2) is 9.97 Å². The summed E-state index contributed by atoms with van der Waals surface area (Å²) < 4.78 is 0. The molecule has 1 aromatic carbocycles. The second kappa shape index (κ2) is 4.85. The first-order valence-electron chi connectivity index (χ1n) is 7.82. The fourth-order valence-corrected chi connectivity index (χ4v) is 4.00. The summed E-state index contributed by atoms with van der Waals surface area (Å²) in [6, 6.07) is 6.61. The Morgan fingerprint density at radius 1 is 1.36 bits per heavy atom. The summed E-state index contributed by atoms with van der Waals surface area (Å²) in [5.74, 6) is 0.894. The van der Waals surface area contributed by atoms with E-state index in [-0.39, 0.29) is 5.54 Å². The molecule has 0 fully saturated rings. The number of anilines is 3. The summed E-state index contributed by atoms with van der Waals surface area (Å²) in [5, 5.41) is 4.15. The lowest BCUT2D eigenvalue weighted by Crippen LogP contribution is -2.31. The van der Waals surface area contributed by atoms with Gasteiger partial charge < -0.3 is 10.2 Å². The zero-order valence-corrected chi connectivity index (χ0v) is 13.6. The van der Waals surface area contributed by atoms with E-state index in [2.05, 4.69) is 52.2 Å². The molecule has 22 heavy (non-hydrogen) atoms. The van der Waals surface area contributed by atoms with Gasteiger partial charge in [0.05, 0.1) is 11.2 Å². The van der Waals surface area contributed by atoms with Crippen molar-refractivity contribution in [3.05, 3.63) is 40.8 Å². The molecular weight excluding hydrogens is 296 g/mol. The van der Waals surface area contributed by atoms with Crippen LogP contribution in [-0.4, -0.2) is 16.5 Å². The predicted molar refractivity (Wildman–Crippen MR) is 90.1 cm³/mol. The van der Waals surface area contributed by atoms with Crippen molar-refractivity contribution in [3.63, 3.8) is 0 Å². The van der Waals surface area contributed by atoms with E-state index < -0.39 is 0 Å². The van der Waals surface area contributed by atoms with Gasteiger partial charge in [-0.2, -0.15) is 0 Å². The fourth-order valence-electron chi connectivity index (χ4n) is 3.82. The first-order chi connectivity index (χ1) is 10.6. The summed E-state index contributed by atoms with van der Waals surface area (Å²) in [4.78, 5) is 11.0. The molecule has 1 atom stereocenters. The number of hydrogen-bond donors (Lipinski definition) is 1. The van der Waals surface area contributed by atoms with Gasteiger partial charge in [0.2, 0.25) is 0 Å². The van der Waals surface area contributed by atoms with Gasteiger partial charge in [-0.3, -0.25) is 0 Å². The topological polar surface area (TPSA) is 41.1 Å². The Kier molecular flexibility index (Phi) is 3.05. The molecule has 4 nitrogen and oxygen atoms in total. The monoisotopic (exact) mass is 314 g/mol. The summed E-state index contributed by atoms with van der Waals surface area (Å²) in [7, 11) is 0. The lowest BCUT2D eigenvalue weighted by molar-refractivity contribution is 0.491. The molecule has 1 N–H and O–H groups in total. The number of benzene rings is 1. The third-order valence-electron chi connectivity index (χ3n) is 4.78. The Labute approximate surface area is 135 Å². The Morgan fingerprint density at radius 3 is 3.05 bits per heavy atom. The maximum absolute atomic E-state index is 6.38. The number of hydrogen-bond acceptors (Lipinski definition) is 4. The van der Waals surface area contributed by atoms with Crippen molar-refractivity contribution in [2.24, 2.45) is 0 Å². The lowest BCUT2D eigenvalue weighted by atomic mass is 9.85. The molecule has 1 unspecified atom stereocenters. The van der Waals surface area contributed by atoms with Crippen LogP contribution in [0.1, 0.15) is 37.8 Å². The maximum atomic E-state index is 6.38. The van der Waals surface area contributed by atoms with E-state index in [1.54, 1.807) is 6.33 Å². The first kappa shape index (κ1) is 13.8. The molecule has 0 saturated carbocycles. The molecule has 2 aromatic rings. The highest BCUT2D eigenvalue weighted by Crippen LogP contribution is 2.50. The molecular formula is C17H19ClN4. The molecule has 2 aliphatic heterocycles. The molecule has 0 saturated heterocycles. The largest absolute Gasteiger partial charge is 0.370 e. The highest BCUT2D eigenvalue weighted by Gasteiger charge is 2.39. The molecule has 0 aliphatic carbocycles. The van der Waals surface area contributed by atoms with Crippen molar-refractivity contribution in [2.75, 3.05) is 16.8 Å². The molecule has 4 rings (SSSR count). The number of nitrogens with zero attached hydrogens (tertiary/aromatic N) is 3. The molecule has 2 aliphatic rings. The number of para-hydroxylation sites is 1. The fraction of sp³-hybridized carbons (Fsp3) is 0.412. The van der Waals surface area contributed by atoms with E-state index in [4.69, 9.17) is 11.6 Å². The van der Waals surface area contributed by atoms with Crippen LogP contribution in [0.25, 0.3) is 0 Å². The Balaban J connectivity index is 2.02.